The molecular formula is C36H39Cl2N3O4S. The smallest absolute Gasteiger partial charge is 0.264 e. The Kier molecular flexibility index (Phi) is 11.2. The summed E-state index contributed by atoms with van der Waals surface area (Å²) in [5, 5.41) is 3.68. The first-order valence-electron chi connectivity index (χ1n) is 14.9. The number of amides is 2. The van der Waals surface area contributed by atoms with Crippen molar-refractivity contribution in [1.29, 1.82) is 0 Å². The minimum Gasteiger partial charge on any atom is -0.350 e. The van der Waals surface area contributed by atoms with E-state index in [1.807, 2.05) is 71.0 Å². The van der Waals surface area contributed by atoms with Crippen LogP contribution in [0.25, 0.3) is 0 Å². The molecule has 0 heterocycles. The number of benzene rings is 4. The molecule has 0 aromatic heterocycles. The van der Waals surface area contributed by atoms with E-state index in [2.05, 4.69) is 5.32 Å². The van der Waals surface area contributed by atoms with Crippen LogP contribution in [0, 0.1) is 13.8 Å². The Hall–Kier alpha value is -3.85. The number of nitrogens with one attached hydrogen (secondary N) is 1. The Morgan fingerprint density at radius 1 is 0.783 bits per heavy atom. The van der Waals surface area contributed by atoms with Crippen molar-refractivity contribution in [2.45, 2.75) is 64.1 Å². The normalized spacial score (nSPS) is 12.3. The monoisotopic (exact) mass is 679 g/mol. The number of carbonyl (C=O) groups is 2. The molecule has 0 unspecified atom stereocenters. The minimum atomic E-state index is -4.18. The summed E-state index contributed by atoms with van der Waals surface area (Å²) in [4.78, 5) is 30.1. The Bertz CT molecular complexity index is 1790. The maximum absolute atomic E-state index is 14.6. The highest BCUT2D eigenvalue weighted by Crippen LogP contribution is 2.28. The van der Waals surface area contributed by atoms with Gasteiger partial charge in [0.2, 0.25) is 11.8 Å². The van der Waals surface area contributed by atoms with Crippen molar-refractivity contribution in [3.63, 3.8) is 0 Å². The SMILES string of the molecule is Cc1ccc(N(CC(=O)N(Cc2ccc(Cl)c(Cl)c2)[C@@H](Cc2ccccc2)C(=O)NC(C)(C)C)S(=O)(=O)c2ccccc2)cc1C. The van der Waals surface area contributed by atoms with E-state index < -0.39 is 34.1 Å². The Morgan fingerprint density at radius 2 is 1.41 bits per heavy atom. The van der Waals surface area contributed by atoms with E-state index in [0.29, 0.717) is 21.3 Å². The van der Waals surface area contributed by atoms with Crippen LogP contribution in [0.3, 0.4) is 0 Å². The van der Waals surface area contributed by atoms with Gasteiger partial charge in [-0.1, -0.05) is 83.9 Å². The van der Waals surface area contributed by atoms with Crippen LogP contribution < -0.4 is 9.62 Å². The number of hydrogen-bond donors (Lipinski definition) is 1. The quantitative estimate of drug-likeness (QED) is 0.179. The van der Waals surface area contributed by atoms with Crippen molar-refractivity contribution in [3.8, 4) is 0 Å². The molecule has 0 saturated carbocycles. The van der Waals surface area contributed by atoms with E-state index in [4.69, 9.17) is 23.2 Å². The lowest BCUT2D eigenvalue weighted by Crippen LogP contribution is -2.56. The molecule has 1 N–H and O–H groups in total. The van der Waals surface area contributed by atoms with E-state index in [-0.39, 0.29) is 23.8 Å². The number of anilines is 1. The molecule has 2 amide bonds. The molecule has 0 saturated heterocycles. The summed E-state index contributed by atoms with van der Waals surface area (Å²) in [7, 11) is -4.18. The Labute approximate surface area is 282 Å². The fourth-order valence-electron chi connectivity index (χ4n) is 4.97. The van der Waals surface area contributed by atoms with Crippen molar-refractivity contribution in [2.75, 3.05) is 10.8 Å². The first-order valence-corrected chi connectivity index (χ1v) is 17.1. The second-order valence-electron chi connectivity index (χ2n) is 12.3. The average Bonchev–Trinajstić information content (AvgIpc) is 3.00. The molecule has 0 bridgehead atoms. The van der Waals surface area contributed by atoms with Crippen LogP contribution in [0.15, 0.2) is 102 Å². The molecule has 10 heteroatoms. The van der Waals surface area contributed by atoms with Gasteiger partial charge in [0.25, 0.3) is 10.0 Å². The van der Waals surface area contributed by atoms with Crippen LogP contribution in [-0.2, 0) is 32.6 Å². The lowest BCUT2D eigenvalue weighted by molar-refractivity contribution is -0.140. The molecule has 0 aliphatic rings. The van der Waals surface area contributed by atoms with Crippen molar-refractivity contribution in [1.82, 2.24) is 10.2 Å². The number of aryl methyl sites for hydroxylation is 2. The number of carbonyl (C=O) groups excluding carboxylic acids is 2. The van der Waals surface area contributed by atoms with Crippen LogP contribution in [0.1, 0.15) is 43.0 Å². The van der Waals surface area contributed by atoms with Gasteiger partial charge in [0.1, 0.15) is 12.6 Å². The molecule has 4 aromatic carbocycles. The predicted octanol–water partition coefficient (Wildman–Crippen LogP) is 7.36. The molecule has 0 fully saturated rings. The zero-order valence-electron chi connectivity index (χ0n) is 26.6. The van der Waals surface area contributed by atoms with Crippen LogP contribution in [0.2, 0.25) is 10.0 Å². The molecule has 4 rings (SSSR count). The topological polar surface area (TPSA) is 86.8 Å². The van der Waals surface area contributed by atoms with Gasteiger partial charge < -0.3 is 10.2 Å². The molecule has 242 valence electrons. The molecule has 7 nitrogen and oxygen atoms in total. The molecule has 4 aromatic rings. The van der Waals surface area contributed by atoms with Crippen LogP contribution >= 0.6 is 23.2 Å². The van der Waals surface area contributed by atoms with Gasteiger partial charge in [0, 0.05) is 18.5 Å². The summed E-state index contributed by atoms with van der Waals surface area (Å²) in [6.07, 6.45) is 0.199. The standard InChI is InChI=1S/C36H39Cl2N3O4S/c1-25-16-18-29(20-26(25)2)41(46(44,45)30-14-10-7-11-15-30)24-34(42)40(23-28-17-19-31(37)32(38)21-28)33(35(43)39-36(3,4)5)22-27-12-8-6-9-13-27/h6-21,33H,22-24H2,1-5H3,(H,39,43)/t33-/m0/s1. The molecule has 0 spiro atoms. The van der Waals surface area contributed by atoms with Crippen LogP contribution in [0.5, 0.6) is 0 Å². The van der Waals surface area contributed by atoms with Gasteiger partial charge in [-0.3, -0.25) is 13.9 Å². The molecule has 0 aliphatic carbocycles. The highest BCUT2D eigenvalue weighted by Gasteiger charge is 2.35. The van der Waals surface area contributed by atoms with Crippen molar-refractivity contribution < 1.29 is 18.0 Å². The lowest BCUT2D eigenvalue weighted by Gasteiger charge is -2.35. The fraction of sp³-hybridized carbons (Fsp3) is 0.278. The van der Waals surface area contributed by atoms with Crippen LogP contribution in [0.4, 0.5) is 5.69 Å². The van der Waals surface area contributed by atoms with Gasteiger partial charge in [-0.25, -0.2) is 8.42 Å². The second kappa shape index (κ2) is 14.7. The Morgan fingerprint density at radius 3 is 2.00 bits per heavy atom. The van der Waals surface area contributed by atoms with Gasteiger partial charge in [0.15, 0.2) is 0 Å². The molecule has 46 heavy (non-hydrogen) atoms. The van der Waals surface area contributed by atoms with Gasteiger partial charge in [-0.05, 0) is 93.3 Å². The number of nitrogens with zero attached hydrogens (tertiary/aromatic N) is 2. The van der Waals surface area contributed by atoms with E-state index >= 15 is 0 Å². The average molecular weight is 681 g/mol. The van der Waals surface area contributed by atoms with Gasteiger partial charge in [-0.15, -0.1) is 0 Å². The molecular weight excluding hydrogens is 641 g/mol. The molecule has 1 atom stereocenters. The molecule has 0 radical (unpaired) electrons. The minimum absolute atomic E-state index is 0.0169. The highest BCUT2D eigenvalue weighted by atomic mass is 35.5. The third-order valence-electron chi connectivity index (χ3n) is 7.49. The van der Waals surface area contributed by atoms with Gasteiger partial charge in [0.05, 0.1) is 20.6 Å². The number of halogens is 2. The Balaban J connectivity index is 1.84. The summed E-state index contributed by atoms with van der Waals surface area (Å²) in [6, 6.07) is 26.7. The first-order chi connectivity index (χ1) is 21.7. The lowest BCUT2D eigenvalue weighted by atomic mass is 10.0. The third kappa shape index (κ3) is 8.90. The zero-order valence-corrected chi connectivity index (χ0v) is 29.0. The third-order valence-corrected chi connectivity index (χ3v) is 10.0. The number of sulfonamides is 1. The van der Waals surface area contributed by atoms with E-state index in [1.165, 1.54) is 17.0 Å². The second-order valence-corrected chi connectivity index (χ2v) is 15.0. The van der Waals surface area contributed by atoms with Crippen molar-refractivity contribution >= 4 is 50.7 Å². The van der Waals surface area contributed by atoms with Crippen molar-refractivity contribution in [3.05, 3.63) is 129 Å². The zero-order chi connectivity index (χ0) is 33.6. The fourth-order valence-corrected chi connectivity index (χ4v) is 6.72. The summed E-state index contributed by atoms with van der Waals surface area (Å²) in [5.41, 5.74) is 3.08. The number of rotatable bonds is 11. The van der Waals surface area contributed by atoms with Crippen LogP contribution in [-0.4, -0.2) is 43.3 Å². The summed E-state index contributed by atoms with van der Waals surface area (Å²) in [6.45, 7) is 8.85. The summed E-state index contributed by atoms with van der Waals surface area (Å²) >= 11 is 12.5. The van der Waals surface area contributed by atoms with Gasteiger partial charge in [-0.2, -0.15) is 0 Å². The number of hydrogen-bond acceptors (Lipinski definition) is 4. The van der Waals surface area contributed by atoms with Crippen molar-refractivity contribution in [2.24, 2.45) is 0 Å². The van der Waals surface area contributed by atoms with Gasteiger partial charge >= 0.3 is 0 Å². The maximum atomic E-state index is 14.6. The first kappa shape index (κ1) is 35.0. The highest BCUT2D eigenvalue weighted by molar-refractivity contribution is 7.92. The van der Waals surface area contributed by atoms with E-state index in [0.717, 1.165) is 21.0 Å². The molecule has 0 aliphatic heterocycles. The maximum Gasteiger partial charge on any atom is 0.264 e. The summed E-state index contributed by atoms with van der Waals surface area (Å²) < 4.78 is 29.4. The summed E-state index contributed by atoms with van der Waals surface area (Å²) in [5.74, 6) is -0.929. The largest absolute Gasteiger partial charge is 0.350 e. The van der Waals surface area contributed by atoms with E-state index in [1.54, 1.807) is 48.5 Å². The van der Waals surface area contributed by atoms with E-state index in [9.17, 15) is 18.0 Å². The predicted molar refractivity (Wildman–Crippen MR) is 186 cm³/mol.